The van der Waals surface area contributed by atoms with Crippen molar-refractivity contribution in [1.29, 1.82) is 0 Å². The van der Waals surface area contributed by atoms with Gasteiger partial charge in [0.25, 0.3) is 0 Å². The molecule has 0 radical (unpaired) electrons. The van der Waals surface area contributed by atoms with Gasteiger partial charge in [-0.2, -0.15) is 13.6 Å². The molecule has 1 heterocycles. The minimum absolute atomic E-state index is 0.0406. The SMILES string of the molecule is CC1=CN(C)C(c2cc(OCC3CC3)ccc2OS(N)(=O)=O)C(=O)C1. The Morgan fingerprint density at radius 2 is 2.04 bits per heavy atom. The lowest BCUT2D eigenvalue weighted by molar-refractivity contribution is -0.123. The molecule has 25 heavy (non-hydrogen) atoms. The van der Waals surface area contributed by atoms with Crippen LogP contribution in [0.15, 0.2) is 30.0 Å². The number of hydrogen-bond donors (Lipinski definition) is 1. The number of hydrogen-bond acceptors (Lipinski definition) is 6. The molecule has 1 saturated carbocycles. The number of carbonyl (C=O) groups is 1. The zero-order valence-electron chi connectivity index (χ0n) is 14.3. The molecule has 2 aliphatic rings. The summed E-state index contributed by atoms with van der Waals surface area (Å²) in [6, 6.07) is 4.12. The second kappa shape index (κ2) is 6.68. The summed E-state index contributed by atoms with van der Waals surface area (Å²) in [5, 5.41) is 5.01. The maximum absolute atomic E-state index is 12.6. The van der Waals surface area contributed by atoms with Gasteiger partial charge in [-0.3, -0.25) is 4.79 Å². The Labute approximate surface area is 147 Å². The van der Waals surface area contributed by atoms with E-state index >= 15 is 0 Å². The van der Waals surface area contributed by atoms with Crippen LogP contribution in [-0.2, 0) is 15.1 Å². The van der Waals surface area contributed by atoms with Crippen molar-refractivity contribution in [2.24, 2.45) is 11.1 Å². The van der Waals surface area contributed by atoms with Crippen LogP contribution in [0.3, 0.4) is 0 Å². The lowest BCUT2D eigenvalue weighted by atomic mass is 9.93. The topological polar surface area (TPSA) is 98.9 Å². The predicted molar refractivity (Wildman–Crippen MR) is 92.3 cm³/mol. The molecule has 0 bridgehead atoms. The zero-order valence-corrected chi connectivity index (χ0v) is 15.1. The van der Waals surface area contributed by atoms with Gasteiger partial charge < -0.3 is 13.8 Å². The van der Waals surface area contributed by atoms with Crippen LogP contribution in [-0.4, -0.2) is 32.8 Å². The number of ether oxygens (including phenoxy) is 1. The molecule has 1 unspecified atom stereocenters. The summed E-state index contributed by atoms with van der Waals surface area (Å²) in [6.07, 6.45) is 4.49. The molecular formula is C17H22N2O5S. The van der Waals surface area contributed by atoms with Crippen molar-refractivity contribution in [2.75, 3.05) is 13.7 Å². The first-order valence-electron chi connectivity index (χ1n) is 8.14. The Bertz CT molecular complexity index is 814. The third kappa shape index (κ3) is 4.52. The van der Waals surface area contributed by atoms with Crippen LogP contribution in [0.4, 0.5) is 0 Å². The molecule has 3 rings (SSSR count). The standard InChI is InChI=1S/C17H22N2O5S/c1-11-7-15(20)17(19(2)9-11)14-8-13(23-10-12-3-4-12)5-6-16(14)24-25(18,21)22/h5-6,8-9,12,17H,3-4,7,10H2,1-2H3,(H2,18,21,22). The highest BCUT2D eigenvalue weighted by molar-refractivity contribution is 7.84. The summed E-state index contributed by atoms with van der Waals surface area (Å²) >= 11 is 0. The third-order valence-corrected chi connectivity index (χ3v) is 4.67. The smallest absolute Gasteiger partial charge is 0.380 e. The van der Waals surface area contributed by atoms with Crippen LogP contribution in [0, 0.1) is 5.92 Å². The number of rotatable bonds is 6. The first kappa shape index (κ1) is 17.8. The van der Waals surface area contributed by atoms with Gasteiger partial charge in [-0.15, -0.1) is 0 Å². The fourth-order valence-electron chi connectivity index (χ4n) is 2.99. The molecule has 1 aliphatic heterocycles. The normalized spacial score (nSPS) is 21.1. The highest BCUT2D eigenvalue weighted by atomic mass is 32.2. The van der Waals surface area contributed by atoms with Gasteiger partial charge in [-0.1, -0.05) is 0 Å². The minimum Gasteiger partial charge on any atom is -0.493 e. The van der Waals surface area contributed by atoms with Crippen LogP contribution in [0.2, 0.25) is 0 Å². The highest BCUT2D eigenvalue weighted by Gasteiger charge is 2.31. The number of nitrogens with two attached hydrogens (primary N) is 1. The van der Waals surface area contributed by atoms with Crippen molar-refractivity contribution < 1.29 is 22.1 Å². The predicted octanol–water partition coefficient (Wildman–Crippen LogP) is 1.91. The molecular weight excluding hydrogens is 344 g/mol. The molecule has 0 saturated heterocycles. The Kier molecular flexibility index (Phi) is 4.75. The third-order valence-electron chi connectivity index (χ3n) is 4.25. The largest absolute Gasteiger partial charge is 0.493 e. The number of benzene rings is 1. The maximum Gasteiger partial charge on any atom is 0.380 e. The monoisotopic (exact) mass is 366 g/mol. The summed E-state index contributed by atoms with van der Waals surface area (Å²) in [7, 11) is -2.43. The van der Waals surface area contributed by atoms with E-state index in [1.54, 1.807) is 24.1 Å². The molecule has 1 aromatic rings. The van der Waals surface area contributed by atoms with Crippen LogP contribution < -0.4 is 14.1 Å². The molecule has 136 valence electrons. The van der Waals surface area contributed by atoms with Gasteiger partial charge in [0, 0.05) is 19.0 Å². The van der Waals surface area contributed by atoms with E-state index in [-0.39, 0.29) is 11.5 Å². The lowest BCUT2D eigenvalue weighted by Crippen LogP contribution is -2.32. The second-order valence-electron chi connectivity index (χ2n) is 6.72. The van der Waals surface area contributed by atoms with Gasteiger partial charge in [-0.05, 0) is 55.7 Å². The number of carbonyl (C=O) groups excluding carboxylic acids is 1. The molecule has 1 aliphatic carbocycles. The van der Waals surface area contributed by atoms with Gasteiger partial charge in [0.1, 0.15) is 17.5 Å². The van der Waals surface area contributed by atoms with E-state index in [9.17, 15) is 13.2 Å². The Hall–Kier alpha value is -2.06. The number of likely N-dealkylation sites (N-methyl/N-ethyl adjacent to an activating group) is 1. The number of nitrogens with zero attached hydrogens (tertiary/aromatic N) is 1. The van der Waals surface area contributed by atoms with E-state index in [4.69, 9.17) is 14.1 Å². The summed E-state index contributed by atoms with van der Waals surface area (Å²) in [6.45, 7) is 2.49. The second-order valence-corrected chi connectivity index (χ2v) is 7.87. The van der Waals surface area contributed by atoms with E-state index in [1.165, 1.54) is 6.07 Å². The first-order valence-corrected chi connectivity index (χ1v) is 9.61. The number of allylic oxidation sites excluding steroid dienone is 1. The fourth-order valence-corrected chi connectivity index (χ4v) is 3.39. The average molecular weight is 366 g/mol. The highest BCUT2D eigenvalue weighted by Crippen LogP contribution is 2.37. The molecule has 1 atom stereocenters. The van der Waals surface area contributed by atoms with Gasteiger partial charge in [0.05, 0.1) is 6.61 Å². The van der Waals surface area contributed by atoms with Crippen LogP contribution >= 0.6 is 0 Å². The van der Waals surface area contributed by atoms with E-state index in [2.05, 4.69) is 0 Å². The molecule has 1 fully saturated rings. The van der Waals surface area contributed by atoms with E-state index in [0.717, 1.165) is 18.4 Å². The van der Waals surface area contributed by atoms with Gasteiger partial charge >= 0.3 is 10.3 Å². The van der Waals surface area contributed by atoms with E-state index in [0.29, 0.717) is 30.3 Å². The number of Topliss-reactive ketones (excluding diaryl/α,β-unsaturated/α-hetero) is 1. The molecule has 2 N–H and O–H groups in total. The maximum atomic E-state index is 12.6. The van der Waals surface area contributed by atoms with Gasteiger partial charge in [-0.25, -0.2) is 0 Å². The molecule has 0 spiro atoms. The average Bonchev–Trinajstić information content (AvgIpc) is 3.29. The van der Waals surface area contributed by atoms with Crippen molar-refractivity contribution in [3.63, 3.8) is 0 Å². The fraction of sp³-hybridized carbons (Fsp3) is 0.471. The van der Waals surface area contributed by atoms with Crippen LogP contribution in [0.1, 0.15) is 37.8 Å². The van der Waals surface area contributed by atoms with Gasteiger partial charge in [0.2, 0.25) is 0 Å². The van der Waals surface area contributed by atoms with Crippen molar-refractivity contribution in [3.05, 3.63) is 35.5 Å². The van der Waals surface area contributed by atoms with Gasteiger partial charge in [0.15, 0.2) is 5.78 Å². The van der Waals surface area contributed by atoms with Crippen molar-refractivity contribution >= 4 is 16.1 Å². The quantitative estimate of drug-likeness (QED) is 0.826. The van der Waals surface area contributed by atoms with Crippen LogP contribution in [0.25, 0.3) is 0 Å². The van der Waals surface area contributed by atoms with Crippen molar-refractivity contribution in [1.82, 2.24) is 4.90 Å². The Morgan fingerprint density at radius 3 is 2.64 bits per heavy atom. The van der Waals surface area contributed by atoms with E-state index in [1.807, 2.05) is 13.1 Å². The Morgan fingerprint density at radius 1 is 1.32 bits per heavy atom. The molecule has 7 nitrogen and oxygen atoms in total. The summed E-state index contributed by atoms with van der Waals surface area (Å²) in [4.78, 5) is 14.3. The van der Waals surface area contributed by atoms with Crippen molar-refractivity contribution in [3.8, 4) is 11.5 Å². The summed E-state index contributed by atoms with van der Waals surface area (Å²) in [5.74, 6) is 1.16. The number of ketones is 1. The van der Waals surface area contributed by atoms with Crippen molar-refractivity contribution in [2.45, 2.75) is 32.2 Å². The zero-order chi connectivity index (χ0) is 18.2. The lowest BCUT2D eigenvalue weighted by Gasteiger charge is -2.31. The van der Waals surface area contributed by atoms with E-state index < -0.39 is 16.3 Å². The molecule has 1 aromatic carbocycles. The van der Waals surface area contributed by atoms with Crippen LogP contribution in [0.5, 0.6) is 11.5 Å². The molecule has 0 amide bonds. The Balaban J connectivity index is 1.96. The summed E-state index contributed by atoms with van der Waals surface area (Å²) < 4.78 is 33.4. The first-order chi connectivity index (χ1) is 11.7. The minimum atomic E-state index is -4.20. The summed E-state index contributed by atoms with van der Waals surface area (Å²) in [5.41, 5.74) is 1.37. The molecule has 8 heteroatoms. The molecule has 0 aromatic heterocycles.